The number of aryl methyl sites for hydroxylation is 1. The Morgan fingerprint density at radius 3 is 2.71 bits per heavy atom. The molecule has 0 N–H and O–H groups in total. The van der Waals surface area contributed by atoms with Gasteiger partial charge in [-0.1, -0.05) is 12.1 Å². The molecule has 0 bridgehead atoms. The Labute approximate surface area is 99.9 Å². The number of benzene rings is 1. The predicted octanol–water partition coefficient (Wildman–Crippen LogP) is 2.20. The standard InChI is InChI=1S/C13H16N2O2/c1-4-15-11-8-6-5-7-10(11)14-12(13(15)16)17-9(2)3/h5-9H,4H2,1-3H3. The number of ether oxygens (including phenoxy) is 1. The van der Waals surface area contributed by atoms with Crippen LogP contribution in [0.4, 0.5) is 0 Å². The fourth-order valence-electron chi connectivity index (χ4n) is 1.78. The second-order valence-electron chi connectivity index (χ2n) is 4.12. The maximum Gasteiger partial charge on any atom is 0.313 e. The Morgan fingerprint density at radius 2 is 2.06 bits per heavy atom. The summed E-state index contributed by atoms with van der Waals surface area (Å²) in [6.45, 7) is 6.31. The van der Waals surface area contributed by atoms with Crippen LogP contribution in [0.3, 0.4) is 0 Å². The molecule has 4 nitrogen and oxygen atoms in total. The molecule has 2 rings (SSSR count). The van der Waals surface area contributed by atoms with Crippen molar-refractivity contribution >= 4 is 11.0 Å². The highest BCUT2D eigenvalue weighted by Gasteiger charge is 2.11. The average molecular weight is 232 g/mol. The normalized spacial score (nSPS) is 11.1. The quantitative estimate of drug-likeness (QED) is 0.815. The molecule has 4 heteroatoms. The highest BCUT2D eigenvalue weighted by Crippen LogP contribution is 2.13. The van der Waals surface area contributed by atoms with Crippen molar-refractivity contribution in [3.05, 3.63) is 34.6 Å². The molecule has 1 aromatic carbocycles. The molecule has 0 aliphatic carbocycles. The summed E-state index contributed by atoms with van der Waals surface area (Å²) < 4.78 is 7.13. The molecule has 90 valence electrons. The van der Waals surface area contributed by atoms with Gasteiger partial charge in [0.05, 0.1) is 17.1 Å². The molecule has 0 fully saturated rings. The third-order valence-electron chi connectivity index (χ3n) is 2.49. The van der Waals surface area contributed by atoms with Gasteiger partial charge in [-0.15, -0.1) is 0 Å². The lowest BCUT2D eigenvalue weighted by Crippen LogP contribution is -2.25. The van der Waals surface area contributed by atoms with E-state index in [-0.39, 0.29) is 17.5 Å². The topological polar surface area (TPSA) is 44.1 Å². The Morgan fingerprint density at radius 1 is 1.35 bits per heavy atom. The van der Waals surface area contributed by atoms with Crippen LogP contribution < -0.4 is 10.3 Å². The first-order valence-electron chi connectivity index (χ1n) is 5.79. The molecule has 0 amide bonds. The Kier molecular flexibility index (Phi) is 3.13. The van der Waals surface area contributed by atoms with Crippen molar-refractivity contribution in [2.24, 2.45) is 0 Å². The molecule has 0 atom stereocenters. The van der Waals surface area contributed by atoms with Crippen molar-refractivity contribution in [2.45, 2.75) is 33.4 Å². The summed E-state index contributed by atoms with van der Waals surface area (Å²) in [5, 5.41) is 0. The first-order valence-corrected chi connectivity index (χ1v) is 5.79. The zero-order valence-corrected chi connectivity index (χ0v) is 10.3. The minimum absolute atomic E-state index is 0.0540. The molecule has 0 aliphatic rings. The first-order chi connectivity index (χ1) is 8.13. The van der Waals surface area contributed by atoms with E-state index in [4.69, 9.17) is 4.74 Å². The van der Waals surface area contributed by atoms with Crippen LogP contribution in [-0.2, 0) is 6.54 Å². The highest BCUT2D eigenvalue weighted by atomic mass is 16.5. The summed E-state index contributed by atoms with van der Waals surface area (Å²) in [6.07, 6.45) is -0.0540. The van der Waals surface area contributed by atoms with Crippen LogP contribution in [0.25, 0.3) is 11.0 Å². The zero-order chi connectivity index (χ0) is 12.4. The summed E-state index contributed by atoms with van der Waals surface area (Å²) in [5.41, 5.74) is 1.46. The van der Waals surface area contributed by atoms with Gasteiger partial charge in [0.2, 0.25) is 0 Å². The van der Waals surface area contributed by atoms with E-state index in [1.165, 1.54) is 0 Å². The number of rotatable bonds is 3. The smallest absolute Gasteiger partial charge is 0.313 e. The highest BCUT2D eigenvalue weighted by molar-refractivity contribution is 5.74. The lowest BCUT2D eigenvalue weighted by molar-refractivity contribution is 0.228. The van der Waals surface area contributed by atoms with Gasteiger partial charge in [0.25, 0.3) is 5.88 Å². The van der Waals surface area contributed by atoms with E-state index in [0.29, 0.717) is 6.54 Å². The fourth-order valence-corrected chi connectivity index (χ4v) is 1.78. The van der Waals surface area contributed by atoms with Crippen molar-refractivity contribution in [1.29, 1.82) is 0 Å². The average Bonchev–Trinajstić information content (AvgIpc) is 2.30. The molecule has 0 radical (unpaired) electrons. The first kappa shape index (κ1) is 11.6. The van der Waals surface area contributed by atoms with E-state index in [1.807, 2.05) is 45.0 Å². The number of nitrogens with zero attached hydrogens (tertiary/aromatic N) is 2. The second kappa shape index (κ2) is 4.57. The minimum Gasteiger partial charge on any atom is -0.471 e. The summed E-state index contributed by atoms with van der Waals surface area (Å²) in [6, 6.07) is 7.58. The second-order valence-corrected chi connectivity index (χ2v) is 4.12. The Hall–Kier alpha value is -1.84. The SMILES string of the molecule is CCn1c(=O)c(OC(C)C)nc2ccccc21. The van der Waals surface area contributed by atoms with Crippen LogP contribution in [0, 0.1) is 0 Å². The lowest BCUT2D eigenvalue weighted by Gasteiger charge is -2.12. The third-order valence-corrected chi connectivity index (χ3v) is 2.49. The lowest BCUT2D eigenvalue weighted by atomic mass is 10.3. The van der Waals surface area contributed by atoms with Crippen molar-refractivity contribution in [1.82, 2.24) is 9.55 Å². The summed E-state index contributed by atoms with van der Waals surface area (Å²) in [5.74, 6) is 0.181. The maximum absolute atomic E-state index is 12.1. The van der Waals surface area contributed by atoms with Gasteiger partial charge in [-0.2, -0.15) is 0 Å². The largest absolute Gasteiger partial charge is 0.471 e. The number of aromatic nitrogens is 2. The van der Waals surface area contributed by atoms with Gasteiger partial charge in [-0.05, 0) is 32.9 Å². The molecule has 0 aliphatic heterocycles. The molecule has 1 heterocycles. The van der Waals surface area contributed by atoms with Gasteiger partial charge in [0.1, 0.15) is 0 Å². The summed E-state index contributed by atoms with van der Waals surface area (Å²) >= 11 is 0. The van der Waals surface area contributed by atoms with Gasteiger partial charge in [-0.25, -0.2) is 4.98 Å². The van der Waals surface area contributed by atoms with Crippen LogP contribution in [-0.4, -0.2) is 15.7 Å². The fraction of sp³-hybridized carbons (Fsp3) is 0.385. The molecule has 17 heavy (non-hydrogen) atoms. The van der Waals surface area contributed by atoms with Gasteiger partial charge in [0.15, 0.2) is 0 Å². The van der Waals surface area contributed by atoms with E-state index in [2.05, 4.69) is 4.98 Å². The van der Waals surface area contributed by atoms with Crippen LogP contribution in [0.5, 0.6) is 5.88 Å². The number of para-hydroxylation sites is 2. The van der Waals surface area contributed by atoms with Crippen LogP contribution >= 0.6 is 0 Å². The molecule has 0 saturated carbocycles. The van der Waals surface area contributed by atoms with Crippen LogP contribution in [0.2, 0.25) is 0 Å². The van der Waals surface area contributed by atoms with Gasteiger partial charge in [-0.3, -0.25) is 4.79 Å². The van der Waals surface area contributed by atoms with E-state index >= 15 is 0 Å². The molecule has 0 saturated heterocycles. The number of hydrogen-bond donors (Lipinski definition) is 0. The van der Waals surface area contributed by atoms with E-state index in [1.54, 1.807) is 4.57 Å². The molecule has 0 unspecified atom stereocenters. The zero-order valence-electron chi connectivity index (χ0n) is 10.3. The predicted molar refractivity (Wildman–Crippen MR) is 67.4 cm³/mol. The van der Waals surface area contributed by atoms with E-state index < -0.39 is 0 Å². The van der Waals surface area contributed by atoms with E-state index in [0.717, 1.165) is 11.0 Å². The van der Waals surface area contributed by atoms with Crippen molar-refractivity contribution in [2.75, 3.05) is 0 Å². The van der Waals surface area contributed by atoms with Crippen LogP contribution in [0.1, 0.15) is 20.8 Å². The van der Waals surface area contributed by atoms with Crippen molar-refractivity contribution in [3.63, 3.8) is 0 Å². The van der Waals surface area contributed by atoms with Gasteiger partial charge >= 0.3 is 5.56 Å². The number of fused-ring (bicyclic) bond motifs is 1. The molecular weight excluding hydrogens is 216 g/mol. The monoisotopic (exact) mass is 232 g/mol. The Balaban J connectivity index is 2.71. The maximum atomic E-state index is 12.1. The summed E-state index contributed by atoms with van der Waals surface area (Å²) in [4.78, 5) is 16.4. The molecule has 1 aromatic heterocycles. The van der Waals surface area contributed by atoms with Gasteiger partial charge < -0.3 is 9.30 Å². The van der Waals surface area contributed by atoms with Crippen molar-refractivity contribution in [3.8, 4) is 5.88 Å². The Bertz CT molecular complexity index is 587. The third kappa shape index (κ3) is 2.16. The molecule has 2 aromatic rings. The van der Waals surface area contributed by atoms with Crippen LogP contribution in [0.15, 0.2) is 29.1 Å². The minimum atomic E-state index is -0.167. The van der Waals surface area contributed by atoms with E-state index in [9.17, 15) is 4.79 Å². The summed E-state index contributed by atoms with van der Waals surface area (Å²) in [7, 11) is 0. The molecule has 0 spiro atoms. The van der Waals surface area contributed by atoms with Crippen molar-refractivity contribution < 1.29 is 4.74 Å². The van der Waals surface area contributed by atoms with Gasteiger partial charge in [0, 0.05) is 6.54 Å². The number of hydrogen-bond acceptors (Lipinski definition) is 3. The molecular formula is C13H16N2O2.